The van der Waals surface area contributed by atoms with E-state index in [-0.39, 0.29) is 18.1 Å². The Balaban J connectivity index is 1.97. The van der Waals surface area contributed by atoms with E-state index in [0.717, 1.165) is 31.5 Å². The molecule has 0 aromatic carbocycles. The van der Waals surface area contributed by atoms with Crippen LogP contribution in [0.25, 0.3) is 0 Å². The topological polar surface area (TPSA) is 51.2 Å². The van der Waals surface area contributed by atoms with Crippen molar-refractivity contribution < 1.29 is 9.53 Å². The average molecular weight is 276 g/mol. The fraction of sp³-hybridized carbons (Fsp3) is 0.625. The van der Waals surface area contributed by atoms with E-state index < -0.39 is 0 Å². The minimum Gasteiger partial charge on any atom is -0.458 e. The minimum atomic E-state index is -0.302. The summed E-state index contributed by atoms with van der Waals surface area (Å²) in [6.07, 6.45) is 6.83. The van der Waals surface area contributed by atoms with E-state index in [9.17, 15) is 4.79 Å². The predicted octanol–water partition coefficient (Wildman–Crippen LogP) is 3.78. The van der Waals surface area contributed by atoms with Crippen LogP contribution in [0.15, 0.2) is 18.2 Å². The van der Waals surface area contributed by atoms with Gasteiger partial charge in [-0.25, -0.2) is 9.78 Å². The Kier molecular flexibility index (Phi) is 5.39. The van der Waals surface area contributed by atoms with E-state index in [1.807, 2.05) is 26.0 Å². The molecule has 0 radical (unpaired) electrons. The lowest BCUT2D eigenvalue weighted by molar-refractivity contribution is 0.0260. The third-order valence-corrected chi connectivity index (χ3v) is 3.47. The summed E-state index contributed by atoms with van der Waals surface area (Å²) in [6, 6.07) is 5.70. The van der Waals surface area contributed by atoms with Crippen LogP contribution in [0.5, 0.6) is 0 Å². The maximum absolute atomic E-state index is 12.2. The molecule has 0 unspecified atom stereocenters. The van der Waals surface area contributed by atoms with E-state index in [1.54, 1.807) is 6.07 Å². The van der Waals surface area contributed by atoms with E-state index in [4.69, 9.17) is 4.74 Å². The highest BCUT2D eigenvalue weighted by Gasteiger charge is 2.18. The number of aromatic nitrogens is 1. The average Bonchev–Trinajstić information content (AvgIpc) is 2.67. The van der Waals surface area contributed by atoms with Crippen molar-refractivity contribution in [3.05, 3.63) is 23.9 Å². The second-order valence-electron chi connectivity index (χ2n) is 5.73. The highest BCUT2D eigenvalue weighted by atomic mass is 16.5. The fourth-order valence-corrected chi connectivity index (χ4v) is 2.50. The number of hydrogen-bond acceptors (Lipinski definition) is 4. The first-order valence-corrected chi connectivity index (χ1v) is 7.60. The molecule has 1 saturated carbocycles. The Morgan fingerprint density at radius 1 is 1.25 bits per heavy atom. The zero-order valence-electron chi connectivity index (χ0n) is 12.4. The van der Waals surface area contributed by atoms with Crippen LogP contribution in [0, 0.1) is 0 Å². The Labute approximate surface area is 120 Å². The Morgan fingerprint density at radius 3 is 2.60 bits per heavy atom. The molecule has 0 amide bonds. The smallest absolute Gasteiger partial charge is 0.357 e. The first-order chi connectivity index (χ1) is 9.65. The monoisotopic (exact) mass is 276 g/mol. The van der Waals surface area contributed by atoms with Gasteiger partial charge in [-0.3, -0.25) is 0 Å². The van der Waals surface area contributed by atoms with Crippen molar-refractivity contribution in [3.63, 3.8) is 0 Å². The number of hydrogen-bond donors (Lipinski definition) is 1. The van der Waals surface area contributed by atoms with Gasteiger partial charge >= 0.3 is 5.97 Å². The molecular formula is C16H24N2O2. The molecule has 0 aliphatic heterocycles. The molecule has 0 spiro atoms. The Hall–Kier alpha value is -1.58. The SMILES string of the molecule is CC(C)Nc1cccc(C(=O)OC2CCCCCC2)n1. The molecule has 0 saturated heterocycles. The summed E-state index contributed by atoms with van der Waals surface area (Å²) in [5, 5.41) is 3.19. The van der Waals surface area contributed by atoms with Gasteiger partial charge in [0.1, 0.15) is 11.9 Å². The van der Waals surface area contributed by atoms with Crippen molar-refractivity contribution in [2.24, 2.45) is 0 Å². The summed E-state index contributed by atoms with van der Waals surface area (Å²) >= 11 is 0. The number of anilines is 1. The lowest BCUT2D eigenvalue weighted by Crippen LogP contribution is -2.19. The molecule has 1 aliphatic carbocycles. The lowest BCUT2D eigenvalue weighted by Gasteiger charge is -2.15. The van der Waals surface area contributed by atoms with E-state index in [1.165, 1.54) is 12.8 Å². The number of pyridine rings is 1. The molecule has 1 aromatic heterocycles. The van der Waals surface area contributed by atoms with Crippen LogP contribution in [-0.2, 0) is 4.74 Å². The number of carbonyl (C=O) groups excluding carboxylic acids is 1. The van der Waals surface area contributed by atoms with Gasteiger partial charge in [0, 0.05) is 6.04 Å². The van der Waals surface area contributed by atoms with Crippen molar-refractivity contribution >= 4 is 11.8 Å². The summed E-state index contributed by atoms with van der Waals surface area (Å²) in [5.74, 6) is 0.416. The van der Waals surface area contributed by atoms with Crippen LogP contribution in [-0.4, -0.2) is 23.1 Å². The standard InChI is InChI=1S/C16H24N2O2/c1-12(2)17-15-11-7-10-14(18-15)16(19)20-13-8-5-3-4-6-9-13/h7,10-13H,3-6,8-9H2,1-2H3,(H,17,18). The quantitative estimate of drug-likeness (QED) is 0.671. The third-order valence-electron chi connectivity index (χ3n) is 3.47. The number of carbonyl (C=O) groups is 1. The van der Waals surface area contributed by atoms with Crippen molar-refractivity contribution in [2.75, 3.05) is 5.32 Å². The molecule has 4 nitrogen and oxygen atoms in total. The van der Waals surface area contributed by atoms with Gasteiger partial charge in [-0.05, 0) is 51.7 Å². The van der Waals surface area contributed by atoms with Gasteiger partial charge < -0.3 is 10.1 Å². The van der Waals surface area contributed by atoms with Crippen LogP contribution in [0.4, 0.5) is 5.82 Å². The maximum Gasteiger partial charge on any atom is 0.357 e. The number of ether oxygens (including phenoxy) is 1. The highest BCUT2D eigenvalue weighted by Crippen LogP contribution is 2.21. The Morgan fingerprint density at radius 2 is 1.95 bits per heavy atom. The first-order valence-electron chi connectivity index (χ1n) is 7.60. The van der Waals surface area contributed by atoms with Gasteiger partial charge in [0.15, 0.2) is 5.69 Å². The zero-order valence-corrected chi connectivity index (χ0v) is 12.4. The van der Waals surface area contributed by atoms with Crippen molar-refractivity contribution in [2.45, 2.75) is 64.5 Å². The molecule has 1 aromatic rings. The summed E-state index contributed by atoms with van der Waals surface area (Å²) < 4.78 is 5.59. The summed E-state index contributed by atoms with van der Waals surface area (Å²) in [4.78, 5) is 16.5. The predicted molar refractivity (Wildman–Crippen MR) is 79.9 cm³/mol. The Bertz CT molecular complexity index is 438. The normalized spacial score (nSPS) is 16.8. The molecular weight excluding hydrogens is 252 g/mol. The zero-order chi connectivity index (χ0) is 14.4. The molecule has 20 heavy (non-hydrogen) atoms. The molecule has 1 N–H and O–H groups in total. The van der Waals surface area contributed by atoms with Crippen LogP contribution in [0.2, 0.25) is 0 Å². The van der Waals surface area contributed by atoms with Crippen molar-refractivity contribution in [1.82, 2.24) is 4.98 Å². The number of rotatable bonds is 4. The minimum absolute atomic E-state index is 0.0634. The molecule has 0 atom stereocenters. The van der Waals surface area contributed by atoms with Crippen LogP contribution in [0.1, 0.15) is 62.9 Å². The third kappa shape index (κ3) is 4.51. The summed E-state index contributed by atoms with van der Waals surface area (Å²) in [6.45, 7) is 4.08. The molecule has 0 bridgehead atoms. The molecule has 4 heteroatoms. The van der Waals surface area contributed by atoms with Crippen molar-refractivity contribution in [1.29, 1.82) is 0 Å². The number of nitrogens with one attached hydrogen (secondary N) is 1. The molecule has 2 rings (SSSR count). The van der Waals surface area contributed by atoms with Gasteiger partial charge in [-0.15, -0.1) is 0 Å². The molecule has 1 fully saturated rings. The molecule has 110 valence electrons. The van der Waals surface area contributed by atoms with Gasteiger partial charge in [0.2, 0.25) is 0 Å². The second-order valence-corrected chi connectivity index (χ2v) is 5.73. The van der Waals surface area contributed by atoms with Crippen LogP contribution in [0.3, 0.4) is 0 Å². The second kappa shape index (κ2) is 7.27. The van der Waals surface area contributed by atoms with Crippen molar-refractivity contribution in [3.8, 4) is 0 Å². The van der Waals surface area contributed by atoms with Crippen LogP contribution >= 0.6 is 0 Å². The summed E-state index contributed by atoms with van der Waals surface area (Å²) in [5.41, 5.74) is 0.389. The van der Waals surface area contributed by atoms with Gasteiger partial charge in [-0.2, -0.15) is 0 Å². The number of nitrogens with zero attached hydrogens (tertiary/aromatic N) is 1. The van der Waals surface area contributed by atoms with E-state index in [0.29, 0.717) is 5.69 Å². The number of esters is 1. The lowest BCUT2D eigenvalue weighted by atomic mass is 10.1. The summed E-state index contributed by atoms with van der Waals surface area (Å²) in [7, 11) is 0. The van der Waals surface area contributed by atoms with Gasteiger partial charge in [0.05, 0.1) is 0 Å². The van der Waals surface area contributed by atoms with Gasteiger partial charge in [0.25, 0.3) is 0 Å². The van der Waals surface area contributed by atoms with Gasteiger partial charge in [-0.1, -0.05) is 18.9 Å². The maximum atomic E-state index is 12.2. The van der Waals surface area contributed by atoms with Crippen LogP contribution < -0.4 is 5.32 Å². The van der Waals surface area contributed by atoms with E-state index in [2.05, 4.69) is 10.3 Å². The first kappa shape index (κ1) is 14.8. The van der Waals surface area contributed by atoms with E-state index >= 15 is 0 Å². The fourth-order valence-electron chi connectivity index (χ4n) is 2.50. The molecule has 1 aliphatic rings. The highest BCUT2D eigenvalue weighted by molar-refractivity contribution is 5.87. The largest absolute Gasteiger partial charge is 0.458 e. The molecule has 1 heterocycles.